The molecule has 0 spiro atoms. The number of pyridine rings is 1. The molecule has 1 aliphatic heterocycles. The topological polar surface area (TPSA) is 142 Å². The van der Waals surface area contributed by atoms with E-state index in [1.807, 2.05) is 36.4 Å². The standard InChI is InChI=1S/C26H34N4O6/c1-25(2,3)36-24(33)30-26(10-13-35-14-11-26)23(32)29-20(22(27)31)15-17-5-7-18(8-6-17)19-9-12-28-21(16-19)34-4/h5-9,12,16,20H,10-11,13-15H2,1-4H3,(H2,27,31)(H,29,32)(H,30,33). The van der Waals surface area contributed by atoms with Gasteiger partial charge in [0.2, 0.25) is 17.7 Å². The Labute approximate surface area is 210 Å². The van der Waals surface area contributed by atoms with Gasteiger partial charge in [-0.25, -0.2) is 9.78 Å². The molecular weight excluding hydrogens is 464 g/mol. The number of ether oxygens (including phenoxy) is 3. The summed E-state index contributed by atoms with van der Waals surface area (Å²) in [6.45, 7) is 5.78. The second-order valence-electron chi connectivity index (χ2n) is 9.74. The summed E-state index contributed by atoms with van der Waals surface area (Å²) in [4.78, 5) is 42.2. The van der Waals surface area contributed by atoms with Crippen molar-refractivity contribution in [1.29, 1.82) is 0 Å². The van der Waals surface area contributed by atoms with Gasteiger partial charge in [-0.15, -0.1) is 0 Å². The van der Waals surface area contributed by atoms with E-state index in [1.165, 1.54) is 0 Å². The Morgan fingerprint density at radius 1 is 1.11 bits per heavy atom. The number of hydrogen-bond acceptors (Lipinski definition) is 7. The number of alkyl carbamates (subject to hydrolysis) is 1. The van der Waals surface area contributed by atoms with E-state index in [9.17, 15) is 14.4 Å². The van der Waals surface area contributed by atoms with Crippen molar-refractivity contribution in [2.75, 3.05) is 20.3 Å². The average Bonchev–Trinajstić information content (AvgIpc) is 2.83. The SMILES string of the molecule is COc1cc(-c2ccc(CC(NC(=O)C3(NC(=O)OC(C)(C)C)CCOCC3)C(N)=O)cc2)ccn1. The van der Waals surface area contributed by atoms with Crippen LogP contribution in [0.15, 0.2) is 42.6 Å². The highest BCUT2D eigenvalue weighted by atomic mass is 16.6. The van der Waals surface area contributed by atoms with Crippen LogP contribution in [-0.4, -0.2) is 60.4 Å². The highest BCUT2D eigenvalue weighted by Gasteiger charge is 2.43. The Morgan fingerprint density at radius 3 is 2.36 bits per heavy atom. The van der Waals surface area contributed by atoms with E-state index in [0.717, 1.165) is 16.7 Å². The number of methoxy groups -OCH3 is 1. The number of rotatable bonds is 8. The number of carbonyl (C=O) groups excluding carboxylic acids is 3. The maximum atomic E-state index is 13.4. The summed E-state index contributed by atoms with van der Waals surface area (Å²) in [5, 5.41) is 5.45. The predicted octanol–water partition coefficient (Wildman–Crippen LogP) is 2.34. The lowest BCUT2D eigenvalue weighted by atomic mass is 9.88. The minimum atomic E-state index is -1.27. The van der Waals surface area contributed by atoms with Crippen LogP contribution in [0.3, 0.4) is 0 Å². The summed E-state index contributed by atoms with van der Waals surface area (Å²) >= 11 is 0. The molecule has 4 N–H and O–H groups in total. The maximum Gasteiger partial charge on any atom is 0.408 e. The van der Waals surface area contributed by atoms with Crippen LogP contribution >= 0.6 is 0 Å². The summed E-state index contributed by atoms with van der Waals surface area (Å²) in [6.07, 6.45) is 1.64. The first-order valence-corrected chi connectivity index (χ1v) is 11.8. The lowest BCUT2D eigenvalue weighted by Crippen LogP contribution is -2.64. The fourth-order valence-electron chi connectivity index (χ4n) is 3.92. The minimum Gasteiger partial charge on any atom is -0.481 e. The number of nitrogens with two attached hydrogens (primary N) is 1. The van der Waals surface area contributed by atoms with Gasteiger partial charge >= 0.3 is 6.09 Å². The van der Waals surface area contributed by atoms with Crippen LogP contribution in [0.5, 0.6) is 5.88 Å². The molecular formula is C26H34N4O6. The van der Waals surface area contributed by atoms with Crippen molar-refractivity contribution >= 4 is 17.9 Å². The van der Waals surface area contributed by atoms with Crippen molar-refractivity contribution in [3.05, 3.63) is 48.2 Å². The monoisotopic (exact) mass is 498 g/mol. The van der Waals surface area contributed by atoms with Gasteiger partial charge in [-0.1, -0.05) is 24.3 Å². The van der Waals surface area contributed by atoms with Crippen molar-refractivity contribution in [1.82, 2.24) is 15.6 Å². The molecule has 3 amide bonds. The van der Waals surface area contributed by atoms with Gasteiger partial charge in [0.15, 0.2) is 0 Å². The first-order chi connectivity index (χ1) is 17.0. The lowest BCUT2D eigenvalue weighted by Gasteiger charge is -2.37. The Bertz CT molecular complexity index is 1070. The molecule has 1 saturated heterocycles. The Morgan fingerprint density at radius 2 is 1.78 bits per heavy atom. The number of nitrogens with one attached hydrogen (secondary N) is 2. The van der Waals surface area contributed by atoms with Gasteiger partial charge < -0.3 is 30.6 Å². The highest BCUT2D eigenvalue weighted by Crippen LogP contribution is 2.24. The first kappa shape index (κ1) is 26.9. The minimum absolute atomic E-state index is 0.194. The third kappa shape index (κ3) is 7.17. The maximum absolute atomic E-state index is 13.4. The zero-order chi connectivity index (χ0) is 26.3. The summed E-state index contributed by atoms with van der Waals surface area (Å²) in [5.74, 6) is -0.665. The zero-order valence-corrected chi connectivity index (χ0v) is 21.1. The Kier molecular flexibility index (Phi) is 8.52. The molecule has 10 heteroatoms. The summed E-state index contributed by atoms with van der Waals surface area (Å²) in [7, 11) is 1.56. The first-order valence-electron chi connectivity index (χ1n) is 11.8. The molecule has 2 aromatic rings. The van der Waals surface area contributed by atoms with Crippen molar-refractivity contribution in [2.24, 2.45) is 5.73 Å². The molecule has 1 fully saturated rings. The Balaban J connectivity index is 1.72. The second-order valence-corrected chi connectivity index (χ2v) is 9.74. The van der Waals surface area contributed by atoms with E-state index in [2.05, 4.69) is 15.6 Å². The molecule has 36 heavy (non-hydrogen) atoms. The number of benzene rings is 1. The number of primary amides is 1. The third-order valence-corrected chi connectivity index (χ3v) is 5.84. The van der Waals surface area contributed by atoms with E-state index in [4.69, 9.17) is 19.9 Å². The predicted molar refractivity (Wildman–Crippen MR) is 133 cm³/mol. The Hall–Kier alpha value is -3.66. The van der Waals surface area contributed by atoms with Crippen LogP contribution in [-0.2, 0) is 25.5 Å². The van der Waals surface area contributed by atoms with Gasteiger partial charge in [0.05, 0.1) is 7.11 Å². The normalized spacial score (nSPS) is 15.9. The molecule has 1 aromatic heterocycles. The third-order valence-electron chi connectivity index (χ3n) is 5.84. The van der Waals surface area contributed by atoms with E-state index >= 15 is 0 Å². The number of aromatic nitrogens is 1. The highest BCUT2D eigenvalue weighted by molar-refractivity contribution is 5.94. The molecule has 2 heterocycles. The number of carbonyl (C=O) groups is 3. The molecule has 1 aliphatic rings. The molecule has 0 radical (unpaired) electrons. The van der Waals surface area contributed by atoms with Crippen LogP contribution in [0.25, 0.3) is 11.1 Å². The molecule has 1 aromatic carbocycles. The van der Waals surface area contributed by atoms with Gasteiger partial charge in [0.1, 0.15) is 17.2 Å². The number of hydrogen-bond donors (Lipinski definition) is 3. The van der Waals surface area contributed by atoms with Gasteiger partial charge in [0.25, 0.3) is 0 Å². The van der Waals surface area contributed by atoms with E-state index in [1.54, 1.807) is 34.1 Å². The molecule has 3 rings (SSSR count). The van der Waals surface area contributed by atoms with Crippen LogP contribution in [0.4, 0.5) is 4.79 Å². The molecule has 0 bridgehead atoms. The van der Waals surface area contributed by atoms with Gasteiger partial charge in [-0.05, 0) is 43.5 Å². The zero-order valence-electron chi connectivity index (χ0n) is 21.1. The van der Waals surface area contributed by atoms with E-state index < -0.39 is 35.1 Å². The van der Waals surface area contributed by atoms with Crippen LogP contribution in [0, 0.1) is 0 Å². The molecule has 1 unspecified atom stereocenters. The van der Waals surface area contributed by atoms with Crippen molar-refractivity contribution in [3.63, 3.8) is 0 Å². The number of amides is 3. The molecule has 0 aliphatic carbocycles. The lowest BCUT2D eigenvalue weighted by molar-refractivity contribution is -0.135. The molecule has 0 saturated carbocycles. The second kappa shape index (κ2) is 11.4. The summed E-state index contributed by atoms with van der Waals surface area (Å²) < 4.78 is 15.9. The number of nitrogens with zero attached hydrogens (tertiary/aromatic N) is 1. The largest absolute Gasteiger partial charge is 0.481 e. The van der Waals surface area contributed by atoms with Crippen LogP contribution in [0.1, 0.15) is 39.2 Å². The fourth-order valence-corrected chi connectivity index (χ4v) is 3.92. The average molecular weight is 499 g/mol. The summed E-state index contributed by atoms with van der Waals surface area (Å²) in [6, 6.07) is 10.3. The van der Waals surface area contributed by atoms with E-state index in [0.29, 0.717) is 5.88 Å². The quantitative estimate of drug-likeness (QED) is 0.507. The fraction of sp³-hybridized carbons (Fsp3) is 0.462. The van der Waals surface area contributed by atoms with Gasteiger partial charge in [-0.2, -0.15) is 0 Å². The van der Waals surface area contributed by atoms with Gasteiger partial charge in [-0.3, -0.25) is 9.59 Å². The van der Waals surface area contributed by atoms with E-state index in [-0.39, 0.29) is 32.5 Å². The van der Waals surface area contributed by atoms with Crippen LogP contribution < -0.4 is 21.1 Å². The van der Waals surface area contributed by atoms with Crippen molar-refractivity contribution < 1.29 is 28.6 Å². The van der Waals surface area contributed by atoms with Gasteiger partial charge in [0, 0.05) is 44.7 Å². The smallest absolute Gasteiger partial charge is 0.408 e. The van der Waals surface area contributed by atoms with Crippen molar-refractivity contribution in [2.45, 2.75) is 57.2 Å². The molecule has 1 atom stereocenters. The summed E-state index contributed by atoms with van der Waals surface area (Å²) in [5.41, 5.74) is 6.33. The van der Waals surface area contributed by atoms with Crippen molar-refractivity contribution in [3.8, 4) is 17.0 Å². The van der Waals surface area contributed by atoms with Crippen LogP contribution in [0.2, 0.25) is 0 Å². The molecule has 10 nitrogen and oxygen atoms in total. The molecule has 194 valence electrons.